The zero-order valence-electron chi connectivity index (χ0n) is 11.9. The fraction of sp³-hybridized carbons (Fsp3) is 0.714. The third-order valence-electron chi connectivity index (χ3n) is 3.49. The van der Waals surface area contributed by atoms with Gasteiger partial charge in [0.25, 0.3) is 5.56 Å². The predicted molar refractivity (Wildman–Crippen MR) is 77.7 cm³/mol. The lowest BCUT2D eigenvalue weighted by Crippen LogP contribution is -2.30. The van der Waals surface area contributed by atoms with Crippen molar-refractivity contribution in [2.75, 3.05) is 31.6 Å². The Morgan fingerprint density at radius 2 is 2.32 bits per heavy atom. The van der Waals surface area contributed by atoms with Crippen LogP contribution in [0.4, 0.5) is 5.69 Å². The maximum Gasteiger partial charge on any atom is 0.268 e. The molecule has 2 rings (SSSR count). The molecule has 1 aromatic rings. The molecule has 0 saturated heterocycles. The number of anilines is 1. The average molecular weight is 264 g/mol. The van der Waals surface area contributed by atoms with E-state index in [0.29, 0.717) is 6.54 Å². The summed E-state index contributed by atoms with van der Waals surface area (Å²) in [5, 5.41) is 7.61. The van der Waals surface area contributed by atoms with Crippen molar-refractivity contribution < 1.29 is 0 Å². The molecule has 5 nitrogen and oxygen atoms in total. The van der Waals surface area contributed by atoms with Crippen LogP contribution in [0.2, 0.25) is 0 Å². The van der Waals surface area contributed by atoms with Crippen LogP contribution in [0.25, 0.3) is 0 Å². The monoisotopic (exact) mass is 264 g/mol. The Morgan fingerprint density at radius 3 is 2.95 bits per heavy atom. The maximum absolute atomic E-state index is 11.9. The first-order valence-electron chi connectivity index (χ1n) is 7.19. The molecule has 1 N–H and O–H groups in total. The second kappa shape index (κ2) is 6.70. The van der Waals surface area contributed by atoms with Crippen LogP contribution in [-0.4, -0.2) is 36.5 Å². The Kier molecular flexibility index (Phi) is 4.96. The number of hydrogen-bond donors (Lipinski definition) is 1. The van der Waals surface area contributed by atoms with E-state index in [-0.39, 0.29) is 5.56 Å². The lowest BCUT2D eigenvalue weighted by Gasteiger charge is -2.17. The molecule has 5 heteroatoms. The van der Waals surface area contributed by atoms with Gasteiger partial charge in [-0.25, -0.2) is 4.68 Å². The van der Waals surface area contributed by atoms with E-state index < -0.39 is 0 Å². The van der Waals surface area contributed by atoms with Crippen molar-refractivity contribution in [2.24, 2.45) is 5.92 Å². The topological polar surface area (TPSA) is 50.2 Å². The van der Waals surface area contributed by atoms with E-state index in [1.54, 1.807) is 12.3 Å². The van der Waals surface area contributed by atoms with Gasteiger partial charge in [0.1, 0.15) is 0 Å². The first kappa shape index (κ1) is 14.1. The zero-order chi connectivity index (χ0) is 13.7. The third-order valence-corrected chi connectivity index (χ3v) is 3.49. The standard InChI is InChI=1S/C14H24N4O/c1-3-7-17(2)13-9-14(19)18(16-11-13)8-6-15-10-12-4-5-12/h9,11-12,15H,3-8,10H2,1-2H3. The average Bonchev–Trinajstić information content (AvgIpc) is 3.20. The molecule has 19 heavy (non-hydrogen) atoms. The molecule has 1 heterocycles. The van der Waals surface area contributed by atoms with Crippen LogP contribution in [0.15, 0.2) is 17.1 Å². The van der Waals surface area contributed by atoms with Gasteiger partial charge in [0.15, 0.2) is 0 Å². The first-order valence-corrected chi connectivity index (χ1v) is 7.19. The molecule has 0 spiro atoms. The Balaban J connectivity index is 1.85. The zero-order valence-corrected chi connectivity index (χ0v) is 11.9. The number of nitrogens with zero attached hydrogens (tertiary/aromatic N) is 3. The van der Waals surface area contributed by atoms with Gasteiger partial charge in [-0.2, -0.15) is 5.10 Å². The Labute approximate surface area is 114 Å². The second-order valence-electron chi connectivity index (χ2n) is 5.34. The molecule has 0 unspecified atom stereocenters. The molecule has 0 amide bonds. The third kappa shape index (κ3) is 4.35. The van der Waals surface area contributed by atoms with Gasteiger partial charge in [0.05, 0.1) is 18.4 Å². The van der Waals surface area contributed by atoms with Crippen molar-refractivity contribution in [2.45, 2.75) is 32.7 Å². The lowest BCUT2D eigenvalue weighted by atomic mass is 10.3. The van der Waals surface area contributed by atoms with Gasteiger partial charge in [-0.1, -0.05) is 6.92 Å². The van der Waals surface area contributed by atoms with Crippen molar-refractivity contribution in [3.05, 3.63) is 22.6 Å². The number of hydrogen-bond acceptors (Lipinski definition) is 4. The van der Waals surface area contributed by atoms with Crippen LogP contribution in [0.3, 0.4) is 0 Å². The van der Waals surface area contributed by atoms with Crippen molar-refractivity contribution in [3.63, 3.8) is 0 Å². The van der Waals surface area contributed by atoms with E-state index in [1.807, 2.05) is 7.05 Å². The highest BCUT2D eigenvalue weighted by molar-refractivity contribution is 5.41. The van der Waals surface area contributed by atoms with E-state index >= 15 is 0 Å². The Hall–Kier alpha value is -1.36. The summed E-state index contributed by atoms with van der Waals surface area (Å²) in [4.78, 5) is 14.0. The minimum atomic E-state index is -0.0197. The summed E-state index contributed by atoms with van der Waals surface area (Å²) in [6.45, 7) is 5.59. The largest absolute Gasteiger partial charge is 0.373 e. The molecular weight excluding hydrogens is 240 g/mol. The first-order chi connectivity index (χ1) is 9.20. The summed E-state index contributed by atoms with van der Waals surface area (Å²) < 4.78 is 1.53. The molecule has 1 saturated carbocycles. The van der Waals surface area contributed by atoms with Crippen LogP contribution in [0, 0.1) is 5.92 Å². The van der Waals surface area contributed by atoms with E-state index in [1.165, 1.54) is 17.5 Å². The molecule has 0 aliphatic heterocycles. The minimum absolute atomic E-state index is 0.0197. The Bertz CT molecular complexity index is 453. The van der Waals surface area contributed by atoms with Gasteiger partial charge in [-0.3, -0.25) is 4.79 Å². The quantitative estimate of drug-likeness (QED) is 0.714. The van der Waals surface area contributed by atoms with E-state index in [0.717, 1.165) is 37.7 Å². The number of rotatable bonds is 8. The minimum Gasteiger partial charge on any atom is -0.373 e. The van der Waals surface area contributed by atoms with Gasteiger partial charge in [0, 0.05) is 26.2 Å². The smallest absolute Gasteiger partial charge is 0.268 e. The summed E-state index contributed by atoms with van der Waals surface area (Å²) in [6, 6.07) is 1.67. The van der Waals surface area contributed by atoms with Crippen molar-refractivity contribution in [1.29, 1.82) is 0 Å². The summed E-state index contributed by atoms with van der Waals surface area (Å²) in [7, 11) is 1.99. The second-order valence-corrected chi connectivity index (χ2v) is 5.34. The highest BCUT2D eigenvalue weighted by Gasteiger charge is 2.19. The number of nitrogens with one attached hydrogen (secondary N) is 1. The maximum atomic E-state index is 11.9. The molecule has 1 fully saturated rings. The molecule has 1 aliphatic carbocycles. The van der Waals surface area contributed by atoms with Crippen LogP contribution in [0.5, 0.6) is 0 Å². The van der Waals surface area contributed by atoms with Gasteiger partial charge < -0.3 is 10.2 Å². The van der Waals surface area contributed by atoms with E-state index in [4.69, 9.17) is 0 Å². The molecule has 106 valence electrons. The highest BCUT2D eigenvalue weighted by Crippen LogP contribution is 2.27. The highest BCUT2D eigenvalue weighted by atomic mass is 16.1. The van der Waals surface area contributed by atoms with Crippen LogP contribution < -0.4 is 15.8 Å². The van der Waals surface area contributed by atoms with Gasteiger partial charge in [0.2, 0.25) is 0 Å². The number of aromatic nitrogens is 2. The molecule has 0 atom stereocenters. The normalized spacial score (nSPS) is 14.6. The molecular formula is C14H24N4O. The van der Waals surface area contributed by atoms with Gasteiger partial charge >= 0.3 is 0 Å². The van der Waals surface area contributed by atoms with Gasteiger partial charge in [-0.15, -0.1) is 0 Å². The summed E-state index contributed by atoms with van der Waals surface area (Å²) in [5.74, 6) is 0.870. The lowest BCUT2D eigenvalue weighted by molar-refractivity contribution is 0.522. The van der Waals surface area contributed by atoms with Crippen LogP contribution in [0.1, 0.15) is 26.2 Å². The molecule has 0 bridgehead atoms. The SMILES string of the molecule is CCCN(C)c1cnn(CCNCC2CC2)c(=O)c1. The van der Waals surface area contributed by atoms with E-state index in [2.05, 4.69) is 22.2 Å². The fourth-order valence-corrected chi connectivity index (χ4v) is 2.08. The molecule has 1 aromatic heterocycles. The molecule has 1 aliphatic rings. The van der Waals surface area contributed by atoms with Crippen LogP contribution in [-0.2, 0) is 6.54 Å². The van der Waals surface area contributed by atoms with Crippen LogP contribution >= 0.6 is 0 Å². The Morgan fingerprint density at radius 1 is 1.53 bits per heavy atom. The van der Waals surface area contributed by atoms with E-state index in [9.17, 15) is 4.79 Å². The van der Waals surface area contributed by atoms with Crippen molar-refractivity contribution >= 4 is 5.69 Å². The summed E-state index contributed by atoms with van der Waals surface area (Å²) in [5.41, 5.74) is 0.878. The van der Waals surface area contributed by atoms with Crippen molar-refractivity contribution in [1.82, 2.24) is 15.1 Å². The molecule has 0 radical (unpaired) electrons. The summed E-state index contributed by atoms with van der Waals surface area (Å²) in [6.07, 6.45) is 5.54. The summed E-state index contributed by atoms with van der Waals surface area (Å²) >= 11 is 0. The van der Waals surface area contributed by atoms with Crippen molar-refractivity contribution in [3.8, 4) is 0 Å². The fourth-order valence-electron chi connectivity index (χ4n) is 2.08. The molecule has 0 aromatic carbocycles. The van der Waals surface area contributed by atoms with Gasteiger partial charge in [-0.05, 0) is 31.7 Å². The predicted octanol–water partition coefficient (Wildman–Crippen LogP) is 1.09.